The first-order valence-corrected chi connectivity index (χ1v) is 18.6. The monoisotopic (exact) mass is 735 g/mol. The van der Waals surface area contributed by atoms with Gasteiger partial charge < -0.3 is 9.64 Å². The molecule has 0 aromatic heterocycles. The summed E-state index contributed by atoms with van der Waals surface area (Å²) in [4.78, 5) is 2.05. The minimum atomic E-state index is -4.34. The summed E-state index contributed by atoms with van der Waals surface area (Å²) in [6.07, 6.45) is 3.72. The van der Waals surface area contributed by atoms with Crippen LogP contribution in [0.4, 0.5) is 5.69 Å². The molecular formula is C36H40CoN2O7S2. The molecule has 3 aliphatic rings. The standard InChI is InChI=1S/C36H40N2O7S2.Co/c1-21(2)22-10-9-11-23(12-22)34-28-13-26-24(19-46(39,40)41)17-35(3,4)37(7)30(26)15-32(28)45-33-16-31-27(14-29(33)34)25(20-47(42,43)44)18-36(5,6)38(31)8;/h9-10,12-18,21H,19-20H2,1-8H3,(H,39,40,41)(H,42,43,44);. The number of rotatable bonds is 6. The van der Waals surface area contributed by atoms with E-state index in [0.717, 1.165) is 27.7 Å². The van der Waals surface area contributed by atoms with Crippen LogP contribution in [-0.4, -0.2) is 62.6 Å². The van der Waals surface area contributed by atoms with Crippen LogP contribution >= 0.6 is 0 Å². The molecule has 0 saturated carbocycles. The molecule has 12 heteroatoms. The van der Waals surface area contributed by atoms with Crippen LogP contribution in [0.1, 0.15) is 75.3 Å². The van der Waals surface area contributed by atoms with Gasteiger partial charge >= 0.3 is 0 Å². The number of anilines is 1. The van der Waals surface area contributed by atoms with Gasteiger partial charge in [0.1, 0.15) is 30.1 Å². The average molecular weight is 736 g/mol. The number of likely N-dealkylation sites (N-methyl/N-ethyl adjacent to an activating group) is 2. The zero-order valence-corrected chi connectivity index (χ0v) is 30.8. The summed E-state index contributed by atoms with van der Waals surface area (Å²) in [5.41, 5.74) is 5.28. The predicted molar refractivity (Wildman–Crippen MR) is 186 cm³/mol. The minimum absolute atomic E-state index is 0. The molecule has 0 atom stereocenters. The third-order valence-electron chi connectivity index (χ3n) is 9.59. The molecule has 3 aromatic rings. The second-order valence-corrected chi connectivity index (χ2v) is 17.0. The van der Waals surface area contributed by atoms with Crippen LogP contribution in [0.5, 0.6) is 11.5 Å². The van der Waals surface area contributed by atoms with Gasteiger partial charge in [-0.1, -0.05) is 31.6 Å². The van der Waals surface area contributed by atoms with E-state index in [1.54, 1.807) is 0 Å². The SMILES string of the molecule is CC(C)c1cc[c-]c(C2=c3cc4c(cc3Oc3cc5c(cc32)C(CS(=O)(=O)O)=CC(C)(C)N5C)=[N+](C)C(C)(C)C=C4CS(=O)(=O)O)c1.[Co]. The summed E-state index contributed by atoms with van der Waals surface area (Å²) in [6, 6.07) is 17.0. The Morgan fingerprint density at radius 1 is 0.875 bits per heavy atom. The fourth-order valence-electron chi connectivity index (χ4n) is 6.76. The van der Waals surface area contributed by atoms with Gasteiger partial charge in [-0.3, -0.25) is 9.11 Å². The normalized spacial score (nSPS) is 17.7. The number of fused-ring (bicyclic) bond motifs is 4. The van der Waals surface area contributed by atoms with Gasteiger partial charge in [-0.15, -0.1) is 35.4 Å². The molecule has 3 heterocycles. The quantitative estimate of drug-likeness (QED) is 0.167. The first-order valence-electron chi connectivity index (χ1n) is 15.4. The summed E-state index contributed by atoms with van der Waals surface area (Å²) < 4.78 is 77.2. The van der Waals surface area contributed by atoms with Gasteiger partial charge in [-0.25, -0.2) is 4.58 Å². The predicted octanol–water partition coefficient (Wildman–Crippen LogP) is 4.64. The zero-order valence-electron chi connectivity index (χ0n) is 28.2. The van der Waals surface area contributed by atoms with Gasteiger partial charge in [0, 0.05) is 55.0 Å². The first-order chi connectivity index (χ1) is 21.6. The van der Waals surface area contributed by atoms with Crippen molar-refractivity contribution >= 4 is 42.6 Å². The molecule has 0 unspecified atom stereocenters. The van der Waals surface area contributed by atoms with Crippen molar-refractivity contribution in [2.75, 3.05) is 30.5 Å². The Bertz CT molecular complexity index is 2290. The van der Waals surface area contributed by atoms with Gasteiger partial charge in [-0.05, 0) is 53.8 Å². The molecule has 3 aliphatic heterocycles. The van der Waals surface area contributed by atoms with Crippen molar-refractivity contribution in [1.82, 2.24) is 4.58 Å². The Morgan fingerprint density at radius 3 is 2.10 bits per heavy atom. The number of nitrogens with zero attached hydrogens (tertiary/aromatic N) is 2. The number of hydrogen-bond donors (Lipinski definition) is 2. The van der Waals surface area contributed by atoms with Gasteiger partial charge in [0.2, 0.25) is 5.36 Å². The van der Waals surface area contributed by atoms with E-state index in [1.807, 2.05) is 90.3 Å². The molecule has 6 rings (SSSR count). The third kappa shape index (κ3) is 6.53. The first kappa shape index (κ1) is 36.0. The van der Waals surface area contributed by atoms with Crippen molar-refractivity contribution < 1.29 is 47.5 Å². The van der Waals surface area contributed by atoms with Crippen LogP contribution in [0.25, 0.3) is 16.7 Å². The van der Waals surface area contributed by atoms with E-state index < -0.39 is 42.8 Å². The van der Waals surface area contributed by atoms with Gasteiger partial charge in [0.15, 0.2) is 5.54 Å². The average Bonchev–Trinajstić information content (AvgIpc) is 2.94. The molecule has 9 nitrogen and oxygen atoms in total. The Morgan fingerprint density at radius 2 is 1.50 bits per heavy atom. The van der Waals surface area contributed by atoms with Crippen molar-refractivity contribution in [2.45, 2.75) is 58.5 Å². The van der Waals surface area contributed by atoms with Gasteiger partial charge in [0.25, 0.3) is 20.2 Å². The molecule has 0 amide bonds. The topological polar surface area (TPSA) is 124 Å². The maximum Gasteiger partial charge on any atom is 0.269 e. The summed E-state index contributed by atoms with van der Waals surface area (Å²) >= 11 is 0. The molecule has 0 fully saturated rings. The van der Waals surface area contributed by atoms with E-state index in [9.17, 15) is 25.9 Å². The smallest absolute Gasteiger partial charge is 0.269 e. The van der Waals surface area contributed by atoms with E-state index in [1.165, 1.54) is 0 Å². The molecule has 3 aromatic carbocycles. The Balaban J connectivity index is 0.00000451. The second kappa shape index (κ2) is 12.0. The van der Waals surface area contributed by atoms with Crippen LogP contribution in [-0.2, 0) is 37.0 Å². The van der Waals surface area contributed by atoms with Crippen molar-refractivity contribution in [1.29, 1.82) is 0 Å². The zero-order chi connectivity index (χ0) is 34.4. The molecule has 48 heavy (non-hydrogen) atoms. The number of hydrogen-bond acceptors (Lipinski definition) is 6. The van der Waals surface area contributed by atoms with Crippen LogP contribution in [0.2, 0.25) is 0 Å². The fourth-order valence-corrected chi connectivity index (χ4v) is 8.03. The Kier molecular flexibility index (Phi) is 8.97. The maximum absolute atomic E-state index is 12.2. The van der Waals surface area contributed by atoms with Crippen molar-refractivity contribution in [3.63, 3.8) is 0 Å². The van der Waals surface area contributed by atoms with Crippen LogP contribution in [0.3, 0.4) is 0 Å². The van der Waals surface area contributed by atoms with E-state index >= 15 is 0 Å². The van der Waals surface area contributed by atoms with Crippen LogP contribution in [0.15, 0.2) is 54.6 Å². The van der Waals surface area contributed by atoms with Crippen molar-refractivity contribution in [2.24, 2.45) is 0 Å². The van der Waals surface area contributed by atoms with E-state index in [2.05, 4.69) is 35.5 Å². The summed E-state index contributed by atoms with van der Waals surface area (Å²) in [5, 5.41) is 1.46. The third-order valence-corrected chi connectivity index (χ3v) is 10.9. The molecule has 0 aliphatic carbocycles. The van der Waals surface area contributed by atoms with E-state index in [0.29, 0.717) is 44.6 Å². The fraction of sp³-hybridized carbons (Fsp3) is 0.361. The molecule has 1 radical (unpaired) electrons. The molecule has 0 bridgehead atoms. The van der Waals surface area contributed by atoms with Crippen molar-refractivity contribution in [3.05, 3.63) is 99.1 Å². The van der Waals surface area contributed by atoms with Crippen LogP contribution in [0, 0.1) is 6.07 Å². The molecular weight excluding hydrogens is 695 g/mol. The minimum Gasteiger partial charge on any atom is -0.457 e. The summed E-state index contributed by atoms with van der Waals surface area (Å²) in [5.74, 6) is 0.276. The van der Waals surface area contributed by atoms with Crippen molar-refractivity contribution in [3.8, 4) is 11.5 Å². The summed E-state index contributed by atoms with van der Waals surface area (Å²) in [6.45, 7) is 12.1. The largest absolute Gasteiger partial charge is 0.457 e. The number of benzene rings is 3. The van der Waals surface area contributed by atoms with Gasteiger partial charge in [0.05, 0.1) is 17.2 Å². The summed E-state index contributed by atoms with van der Waals surface area (Å²) in [7, 11) is -4.82. The second-order valence-electron chi connectivity index (χ2n) is 14.1. The Hall–Kier alpha value is -3.26. The van der Waals surface area contributed by atoms with Crippen LogP contribution < -0.4 is 24.8 Å². The molecule has 2 N–H and O–H groups in total. The number of ether oxygens (including phenoxy) is 1. The Labute approximate surface area is 293 Å². The van der Waals surface area contributed by atoms with E-state index in [-0.39, 0.29) is 22.7 Å². The molecule has 0 spiro atoms. The van der Waals surface area contributed by atoms with E-state index in [4.69, 9.17) is 4.74 Å². The molecule has 0 saturated heterocycles. The molecule has 257 valence electrons. The maximum atomic E-state index is 12.2. The van der Waals surface area contributed by atoms with Gasteiger partial charge in [-0.2, -0.15) is 16.8 Å².